The van der Waals surface area contributed by atoms with Crippen molar-refractivity contribution < 1.29 is 4.79 Å². The average Bonchev–Trinajstić information content (AvgIpc) is 3.11. The van der Waals surface area contributed by atoms with Crippen LogP contribution in [0, 0.1) is 4.77 Å². The van der Waals surface area contributed by atoms with E-state index in [1.54, 1.807) is 10.6 Å². The number of unbranched alkanes of at least 4 members (excludes halogenated alkanes) is 2. The summed E-state index contributed by atoms with van der Waals surface area (Å²) in [6.45, 7) is 2.62. The molecule has 3 rings (SSSR count). The minimum absolute atomic E-state index is 0.0561. The molecule has 7 nitrogen and oxygen atoms in total. The van der Waals surface area contributed by atoms with E-state index in [0.29, 0.717) is 28.3 Å². The molecule has 28 heavy (non-hydrogen) atoms. The molecular weight excluding hydrogens is 394 g/mol. The number of amides is 1. The van der Waals surface area contributed by atoms with Crippen LogP contribution in [-0.4, -0.2) is 25.7 Å². The third-order valence-corrected chi connectivity index (χ3v) is 5.57. The molecule has 3 aromatic rings. The van der Waals surface area contributed by atoms with Crippen LogP contribution in [0.5, 0.6) is 0 Å². The second-order valence-electron chi connectivity index (χ2n) is 6.54. The predicted molar refractivity (Wildman–Crippen MR) is 114 cm³/mol. The summed E-state index contributed by atoms with van der Waals surface area (Å²) in [6, 6.07) is 7.35. The lowest BCUT2D eigenvalue weighted by atomic mass is 10.2. The topological polar surface area (TPSA) is 92.7 Å². The summed E-state index contributed by atoms with van der Waals surface area (Å²) in [6.07, 6.45) is 4.66. The number of benzene rings is 1. The minimum Gasteiger partial charge on any atom is -0.332 e. The van der Waals surface area contributed by atoms with Crippen molar-refractivity contribution in [3.8, 4) is 0 Å². The SMILES string of the molecule is CCCc1nnc(NC(=O)CCCCCn2c(=S)[nH]c3ccccc3c2=O)s1. The Balaban J connectivity index is 1.46. The lowest BCUT2D eigenvalue weighted by molar-refractivity contribution is -0.116. The summed E-state index contributed by atoms with van der Waals surface area (Å²) in [5.41, 5.74) is 0.681. The van der Waals surface area contributed by atoms with Crippen molar-refractivity contribution in [2.24, 2.45) is 0 Å². The fourth-order valence-corrected chi connectivity index (χ4v) is 4.08. The Bertz CT molecular complexity index is 1070. The van der Waals surface area contributed by atoms with Crippen LogP contribution in [0.25, 0.3) is 10.9 Å². The first-order chi connectivity index (χ1) is 13.6. The molecule has 0 fully saturated rings. The lowest BCUT2D eigenvalue weighted by Crippen LogP contribution is -2.22. The van der Waals surface area contributed by atoms with Crippen LogP contribution in [0.4, 0.5) is 5.13 Å². The molecule has 0 spiro atoms. The van der Waals surface area contributed by atoms with Crippen LogP contribution in [-0.2, 0) is 17.8 Å². The number of nitrogens with zero attached hydrogens (tertiary/aromatic N) is 3. The van der Waals surface area contributed by atoms with Crippen LogP contribution < -0.4 is 10.9 Å². The van der Waals surface area contributed by atoms with Crippen molar-refractivity contribution in [3.63, 3.8) is 0 Å². The highest BCUT2D eigenvalue weighted by atomic mass is 32.1. The van der Waals surface area contributed by atoms with Crippen molar-refractivity contribution >= 4 is 45.5 Å². The van der Waals surface area contributed by atoms with Gasteiger partial charge < -0.3 is 10.3 Å². The number of aryl methyl sites for hydroxylation is 1. The molecule has 2 N–H and O–H groups in total. The Labute approximate surface area is 171 Å². The molecule has 9 heteroatoms. The summed E-state index contributed by atoms with van der Waals surface area (Å²) in [5, 5.41) is 13.0. The number of aromatic nitrogens is 4. The highest BCUT2D eigenvalue weighted by Gasteiger charge is 2.08. The summed E-state index contributed by atoms with van der Waals surface area (Å²) in [4.78, 5) is 27.7. The first-order valence-electron chi connectivity index (χ1n) is 9.42. The van der Waals surface area contributed by atoms with E-state index in [-0.39, 0.29) is 11.5 Å². The normalized spacial score (nSPS) is 11.0. The van der Waals surface area contributed by atoms with Gasteiger partial charge in [0, 0.05) is 19.4 Å². The maximum atomic E-state index is 12.6. The number of rotatable bonds is 9. The Hall–Kier alpha value is -2.39. The van der Waals surface area contributed by atoms with Gasteiger partial charge in [0.15, 0.2) is 4.77 Å². The largest absolute Gasteiger partial charge is 0.332 e. The molecule has 2 aromatic heterocycles. The van der Waals surface area contributed by atoms with Gasteiger partial charge in [-0.2, -0.15) is 0 Å². The molecule has 148 valence electrons. The Morgan fingerprint density at radius 1 is 1.25 bits per heavy atom. The zero-order valence-electron chi connectivity index (χ0n) is 15.7. The monoisotopic (exact) mass is 417 g/mol. The van der Waals surface area contributed by atoms with E-state index in [1.165, 1.54) is 11.3 Å². The quantitative estimate of drug-likeness (QED) is 0.404. The average molecular weight is 418 g/mol. The van der Waals surface area contributed by atoms with Crippen molar-refractivity contribution in [3.05, 3.63) is 44.4 Å². The van der Waals surface area contributed by atoms with Crippen LogP contribution in [0.3, 0.4) is 0 Å². The molecule has 0 atom stereocenters. The van der Waals surface area contributed by atoms with E-state index >= 15 is 0 Å². The number of nitrogens with one attached hydrogen (secondary N) is 2. The van der Waals surface area contributed by atoms with Gasteiger partial charge in [-0.1, -0.05) is 36.8 Å². The second-order valence-corrected chi connectivity index (χ2v) is 7.99. The molecule has 1 amide bonds. The number of H-pyrrole nitrogens is 1. The third-order valence-electron chi connectivity index (χ3n) is 4.35. The molecule has 1 aromatic carbocycles. The van der Waals surface area contributed by atoms with Gasteiger partial charge in [0.25, 0.3) is 5.56 Å². The molecule has 0 bridgehead atoms. The van der Waals surface area contributed by atoms with E-state index in [9.17, 15) is 9.59 Å². The highest BCUT2D eigenvalue weighted by Crippen LogP contribution is 2.17. The van der Waals surface area contributed by atoms with Crippen LogP contribution in [0.1, 0.15) is 44.0 Å². The fraction of sp³-hybridized carbons (Fsp3) is 0.421. The maximum absolute atomic E-state index is 12.6. The van der Waals surface area contributed by atoms with Gasteiger partial charge in [-0.25, -0.2) is 0 Å². The van der Waals surface area contributed by atoms with Gasteiger partial charge in [-0.05, 0) is 43.6 Å². The Morgan fingerprint density at radius 2 is 2.07 bits per heavy atom. The van der Waals surface area contributed by atoms with Crippen molar-refractivity contribution in [2.75, 3.05) is 5.32 Å². The molecule has 0 saturated carbocycles. The molecule has 0 aliphatic carbocycles. The van der Waals surface area contributed by atoms with Gasteiger partial charge in [0.1, 0.15) is 5.01 Å². The molecular formula is C19H23N5O2S2. The van der Waals surface area contributed by atoms with Crippen LogP contribution >= 0.6 is 23.6 Å². The molecule has 0 aliphatic rings. The van der Waals surface area contributed by atoms with Crippen molar-refractivity contribution in [1.82, 2.24) is 19.7 Å². The molecule has 0 aliphatic heterocycles. The number of hydrogen-bond acceptors (Lipinski definition) is 6. The molecule has 2 heterocycles. The zero-order valence-corrected chi connectivity index (χ0v) is 17.4. The van der Waals surface area contributed by atoms with Gasteiger partial charge >= 0.3 is 0 Å². The van der Waals surface area contributed by atoms with Gasteiger partial charge in [-0.15, -0.1) is 10.2 Å². The second kappa shape index (κ2) is 9.70. The van der Waals surface area contributed by atoms with E-state index in [2.05, 4.69) is 27.4 Å². The van der Waals surface area contributed by atoms with Crippen molar-refractivity contribution in [1.29, 1.82) is 0 Å². The Morgan fingerprint density at radius 3 is 2.89 bits per heavy atom. The smallest absolute Gasteiger partial charge is 0.262 e. The van der Waals surface area contributed by atoms with Gasteiger partial charge in [0.2, 0.25) is 11.0 Å². The number of hydrogen-bond donors (Lipinski definition) is 2. The summed E-state index contributed by atoms with van der Waals surface area (Å²) in [7, 11) is 0. The van der Waals surface area contributed by atoms with E-state index < -0.39 is 0 Å². The lowest BCUT2D eigenvalue weighted by Gasteiger charge is -2.08. The maximum Gasteiger partial charge on any atom is 0.262 e. The highest BCUT2D eigenvalue weighted by molar-refractivity contribution is 7.71. The van der Waals surface area contributed by atoms with E-state index in [4.69, 9.17) is 12.2 Å². The number of carbonyl (C=O) groups is 1. The van der Waals surface area contributed by atoms with E-state index in [1.807, 2.05) is 18.2 Å². The van der Waals surface area contributed by atoms with Crippen LogP contribution in [0.2, 0.25) is 0 Å². The molecule has 0 unspecified atom stereocenters. The fourth-order valence-electron chi connectivity index (χ4n) is 2.94. The Kier molecular flexibility index (Phi) is 7.05. The predicted octanol–water partition coefficient (Wildman–Crippen LogP) is 4.06. The standard InChI is InChI=1S/C19H23N5O2S2/c1-2-8-16-22-23-18(28-16)21-15(25)11-4-3-7-12-24-17(26)13-9-5-6-10-14(13)20-19(24)27/h5-6,9-10H,2-4,7-8,11-12H2,1H3,(H,20,27)(H,21,23,25). The number of carbonyl (C=O) groups excluding carboxylic acids is 1. The first-order valence-corrected chi connectivity index (χ1v) is 10.6. The first kappa shape index (κ1) is 20.3. The zero-order chi connectivity index (χ0) is 19.9. The summed E-state index contributed by atoms with van der Waals surface area (Å²) >= 11 is 6.74. The van der Waals surface area contributed by atoms with Gasteiger partial charge in [0.05, 0.1) is 10.9 Å². The third kappa shape index (κ3) is 5.11. The number of fused-ring (bicyclic) bond motifs is 1. The van der Waals surface area contributed by atoms with Gasteiger partial charge in [-0.3, -0.25) is 14.2 Å². The summed E-state index contributed by atoms with van der Waals surface area (Å²) in [5.74, 6) is -0.0561. The van der Waals surface area contributed by atoms with Crippen molar-refractivity contribution in [2.45, 2.75) is 52.0 Å². The summed E-state index contributed by atoms with van der Waals surface area (Å²) < 4.78 is 2.02. The van der Waals surface area contributed by atoms with E-state index in [0.717, 1.165) is 42.6 Å². The van der Waals surface area contributed by atoms with Crippen LogP contribution in [0.15, 0.2) is 29.1 Å². The number of aromatic amines is 1. The number of para-hydroxylation sites is 1. The minimum atomic E-state index is -0.0729. The molecule has 0 radical (unpaired) electrons. The number of anilines is 1. The molecule has 0 saturated heterocycles.